The second kappa shape index (κ2) is 4.75. The van der Waals surface area contributed by atoms with Crippen molar-refractivity contribution in [3.05, 3.63) is 24.3 Å². The van der Waals surface area contributed by atoms with Gasteiger partial charge in [0.1, 0.15) is 0 Å². The largest absolute Gasteiger partial charge is 0.354 e. The van der Waals surface area contributed by atoms with E-state index in [1.807, 2.05) is 25.2 Å². The molecule has 0 amide bonds. The van der Waals surface area contributed by atoms with E-state index in [4.69, 9.17) is 0 Å². The molecule has 2 aromatic rings. The number of nitrogens with one attached hydrogen (secondary N) is 1. The van der Waals surface area contributed by atoms with Gasteiger partial charge >= 0.3 is 0 Å². The molecule has 0 radical (unpaired) electrons. The minimum Gasteiger partial charge on any atom is -0.354 e. The maximum Gasteiger partial charge on any atom is 0.203 e. The lowest BCUT2D eigenvalue weighted by Gasteiger charge is -2.20. The lowest BCUT2D eigenvalue weighted by molar-refractivity contribution is 0.325. The number of rotatable bonds is 4. The van der Waals surface area contributed by atoms with Crippen molar-refractivity contribution in [2.24, 2.45) is 7.05 Å². The van der Waals surface area contributed by atoms with Crippen LogP contribution in [-0.2, 0) is 7.05 Å². The molecule has 17 heavy (non-hydrogen) atoms. The van der Waals surface area contributed by atoms with Gasteiger partial charge in [-0.3, -0.25) is 0 Å². The zero-order valence-electron chi connectivity index (χ0n) is 10.9. The van der Waals surface area contributed by atoms with Crippen LogP contribution in [0.25, 0.3) is 11.0 Å². The van der Waals surface area contributed by atoms with E-state index in [1.54, 1.807) is 0 Å². The summed E-state index contributed by atoms with van der Waals surface area (Å²) >= 11 is 0. The molecule has 4 heteroatoms. The van der Waals surface area contributed by atoms with E-state index in [0.29, 0.717) is 6.04 Å². The van der Waals surface area contributed by atoms with E-state index in [2.05, 4.69) is 46.9 Å². The van der Waals surface area contributed by atoms with Crippen LogP contribution in [0.15, 0.2) is 24.3 Å². The van der Waals surface area contributed by atoms with Crippen molar-refractivity contribution in [2.75, 3.05) is 26.0 Å². The van der Waals surface area contributed by atoms with E-state index in [9.17, 15) is 0 Å². The van der Waals surface area contributed by atoms with Gasteiger partial charge in [-0.25, -0.2) is 4.98 Å². The Morgan fingerprint density at radius 1 is 1.35 bits per heavy atom. The van der Waals surface area contributed by atoms with Crippen molar-refractivity contribution in [2.45, 2.75) is 13.0 Å². The van der Waals surface area contributed by atoms with Crippen LogP contribution in [0.5, 0.6) is 0 Å². The Balaban J connectivity index is 2.16. The molecule has 0 aliphatic rings. The quantitative estimate of drug-likeness (QED) is 0.874. The zero-order valence-corrected chi connectivity index (χ0v) is 10.9. The molecule has 0 aliphatic heterocycles. The smallest absolute Gasteiger partial charge is 0.203 e. The maximum atomic E-state index is 4.58. The fourth-order valence-electron chi connectivity index (χ4n) is 1.73. The number of anilines is 1. The summed E-state index contributed by atoms with van der Waals surface area (Å²) < 4.78 is 2.09. The maximum absolute atomic E-state index is 4.58. The van der Waals surface area contributed by atoms with E-state index >= 15 is 0 Å². The average Bonchev–Trinajstić information content (AvgIpc) is 2.64. The number of aromatic nitrogens is 2. The molecule has 1 heterocycles. The molecule has 92 valence electrons. The molecule has 0 aliphatic carbocycles. The Labute approximate surface area is 102 Å². The van der Waals surface area contributed by atoms with E-state index < -0.39 is 0 Å². The molecule has 1 unspecified atom stereocenters. The van der Waals surface area contributed by atoms with Gasteiger partial charge in [-0.05, 0) is 33.2 Å². The fraction of sp³-hybridized carbons (Fsp3) is 0.462. The number of benzene rings is 1. The lowest BCUT2D eigenvalue weighted by atomic mass is 10.3. The Bertz CT molecular complexity index is 501. The second-order valence-electron chi connectivity index (χ2n) is 4.68. The van der Waals surface area contributed by atoms with Crippen LogP contribution in [0.4, 0.5) is 5.95 Å². The Hall–Kier alpha value is -1.55. The molecular weight excluding hydrogens is 212 g/mol. The van der Waals surface area contributed by atoms with Gasteiger partial charge in [0.2, 0.25) is 5.95 Å². The molecule has 0 saturated carbocycles. The van der Waals surface area contributed by atoms with Gasteiger partial charge in [-0.15, -0.1) is 0 Å². The summed E-state index contributed by atoms with van der Waals surface area (Å²) in [6.45, 7) is 3.08. The lowest BCUT2D eigenvalue weighted by Crippen LogP contribution is -2.32. The van der Waals surface area contributed by atoms with Gasteiger partial charge in [0.05, 0.1) is 11.0 Å². The molecule has 0 bridgehead atoms. The number of para-hydroxylation sites is 2. The zero-order chi connectivity index (χ0) is 12.4. The number of fused-ring (bicyclic) bond motifs is 1. The van der Waals surface area contributed by atoms with Gasteiger partial charge in [-0.2, -0.15) is 0 Å². The van der Waals surface area contributed by atoms with Crippen LogP contribution in [0.3, 0.4) is 0 Å². The van der Waals surface area contributed by atoms with Gasteiger partial charge in [-0.1, -0.05) is 12.1 Å². The topological polar surface area (TPSA) is 33.1 Å². The van der Waals surface area contributed by atoms with E-state index in [0.717, 1.165) is 23.5 Å². The predicted octanol–water partition coefficient (Wildman–Crippen LogP) is 1.94. The van der Waals surface area contributed by atoms with Crippen LogP contribution >= 0.6 is 0 Å². The van der Waals surface area contributed by atoms with Crippen LogP contribution in [0, 0.1) is 0 Å². The Morgan fingerprint density at radius 2 is 2.06 bits per heavy atom. The van der Waals surface area contributed by atoms with Crippen molar-refractivity contribution in [1.29, 1.82) is 0 Å². The number of hydrogen-bond acceptors (Lipinski definition) is 3. The molecule has 0 spiro atoms. The first-order valence-corrected chi connectivity index (χ1v) is 5.91. The number of aryl methyl sites for hydroxylation is 1. The molecule has 1 aromatic carbocycles. The van der Waals surface area contributed by atoms with Gasteiger partial charge in [0.25, 0.3) is 0 Å². The van der Waals surface area contributed by atoms with Crippen molar-refractivity contribution < 1.29 is 0 Å². The van der Waals surface area contributed by atoms with Crippen molar-refractivity contribution in [3.8, 4) is 0 Å². The molecule has 1 N–H and O–H groups in total. The molecule has 1 atom stereocenters. The summed E-state index contributed by atoms with van der Waals surface area (Å²) in [7, 11) is 6.21. The number of likely N-dealkylation sites (N-methyl/N-ethyl adjacent to an activating group) is 1. The normalized spacial score (nSPS) is 13.2. The van der Waals surface area contributed by atoms with Gasteiger partial charge in [0.15, 0.2) is 0 Å². The first kappa shape index (κ1) is 11.9. The molecule has 4 nitrogen and oxygen atoms in total. The summed E-state index contributed by atoms with van der Waals surface area (Å²) in [5.41, 5.74) is 2.20. The van der Waals surface area contributed by atoms with Crippen LogP contribution in [0.1, 0.15) is 6.92 Å². The predicted molar refractivity (Wildman–Crippen MR) is 72.4 cm³/mol. The average molecular weight is 232 g/mol. The third kappa shape index (κ3) is 2.42. The van der Waals surface area contributed by atoms with Crippen LogP contribution in [0.2, 0.25) is 0 Å². The third-order valence-electron chi connectivity index (χ3n) is 3.22. The molecule has 1 aromatic heterocycles. The van der Waals surface area contributed by atoms with Crippen molar-refractivity contribution in [1.82, 2.24) is 14.5 Å². The van der Waals surface area contributed by atoms with Crippen molar-refractivity contribution >= 4 is 17.0 Å². The summed E-state index contributed by atoms with van der Waals surface area (Å²) in [5, 5.41) is 3.39. The van der Waals surface area contributed by atoms with Crippen molar-refractivity contribution in [3.63, 3.8) is 0 Å². The summed E-state index contributed by atoms with van der Waals surface area (Å²) in [5.74, 6) is 0.930. The number of nitrogens with zero attached hydrogens (tertiary/aromatic N) is 3. The summed E-state index contributed by atoms with van der Waals surface area (Å²) in [4.78, 5) is 6.77. The molecule has 0 saturated heterocycles. The summed E-state index contributed by atoms with van der Waals surface area (Å²) in [6.07, 6.45) is 0. The molecular formula is C13H20N4. The number of imidazole rings is 1. The Morgan fingerprint density at radius 3 is 2.71 bits per heavy atom. The Kier molecular flexibility index (Phi) is 3.33. The second-order valence-corrected chi connectivity index (χ2v) is 4.68. The molecule has 2 rings (SSSR count). The fourth-order valence-corrected chi connectivity index (χ4v) is 1.73. The highest BCUT2D eigenvalue weighted by Crippen LogP contribution is 2.17. The van der Waals surface area contributed by atoms with Gasteiger partial charge in [0, 0.05) is 19.6 Å². The van der Waals surface area contributed by atoms with E-state index in [-0.39, 0.29) is 0 Å². The highest BCUT2D eigenvalue weighted by molar-refractivity contribution is 5.78. The third-order valence-corrected chi connectivity index (χ3v) is 3.22. The van der Waals surface area contributed by atoms with E-state index in [1.165, 1.54) is 0 Å². The minimum atomic E-state index is 0.481. The highest BCUT2D eigenvalue weighted by Gasteiger charge is 2.09. The molecule has 0 fully saturated rings. The standard InChI is InChI=1S/C13H20N4/c1-10(16(2)3)9-14-13-15-11-7-5-6-8-12(11)17(13)4/h5-8,10H,9H2,1-4H3,(H,14,15). The summed E-state index contributed by atoms with van der Waals surface area (Å²) in [6, 6.07) is 8.66. The minimum absolute atomic E-state index is 0.481. The van der Waals surface area contributed by atoms with Crippen LogP contribution < -0.4 is 5.32 Å². The van der Waals surface area contributed by atoms with Gasteiger partial charge < -0.3 is 14.8 Å². The first-order chi connectivity index (χ1) is 8.09. The first-order valence-electron chi connectivity index (χ1n) is 5.91. The number of hydrogen-bond donors (Lipinski definition) is 1. The highest BCUT2D eigenvalue weighted by atomic mass is 15.2. The van der Waals surface area contributed by atoms with Crippen LogP contribution in [-0.4, -0.2) is 41.1 Å². The monoisotopic (exact) mass is 232 g/mol. The SMILES string of the molecule is CC(CNc1nc2ccccc2n1C)N(C)C.